The average Bonchev–Trinajstić information content (AvgIpc) is 3.74. The SMILES string of the molecule is Cc1cccc(C(=O)Nc2ccc(C)c(Nc3cc(C(=O)NCCN4CCOCC4)nn3-c3cc(NC4CC4)ncn3)c2)c1. The Kier molecular flexibility index (Phi) is 8.80. The number of hydrogen-bond donors (Lipinski definition) is 4. The second-order valence-corrected chi connectivity index (χ2v) is 11.2. The molecule has 1 aliphatic carbocycles. The van der Waals surface area contributed by atoms with Crippen molar-refractivity contribution in [2.75, 3.05) is 55.3 Å². The number of benzene rings is 2. The highest BCUT2D eigenvalue weighted by molar-refractivity contribution is 6.04. The number of ether oxygens (including phenoxy) is 1. The molecule has 0 atom stereocenters. The van der Waals surface area contributed by atoms with E-state index in [-0.39, 0.29) is 17.5 Å². The highest BCUT2D eigenvalue weighted by Crippen LogP contribution is 2.28. The molecule has 0 spiro atoms. The molecule has 2 aromatic heterocycles. The van der Waals surface area contributed by atoms with Gasteiger partial charge in [0.05, 0.1) is 13.2 Å². The molecule has 12 heteroatoms. The first-order valence-electron chi connectivity index (χ1n) is 14.9. The van der Waals surface area contributed by atoms with E-state index in [1.165, 1.54) is 6.33 Å². The van der Waals surface area contributed by atoms with Crippen molar-refractivity contribution in [2.24, 2.45) is 0 Å². The monoisotopic (exact) mass is 595 g/mol. The molecule has 2 aliphatic rings. The first kappa shape index (κ1) is 29.3. The van der Waals surface area contributed by atoms with Crippen LogP contribution in [0.1, 0.15) is 44.8 Å². The van der Waals surface area contributed by atoms with Crippen molar-refractivity contribution in [1.82, 2.24) is 30.0 Å². The van der Waals surface area contributed by atoms with Crippen molar-refractivity contribution in [1.29, 1.82) is 0 Å². The maximum atomic E-state index is 13.2. The van der Waals surface area contributed by atoms with Crippen LogP contribution in [0.15, 0.2) is 60.9 Å². The van der Waals surface area contributed by atoms with Gasteiger partial charge in [-0.15, -0.1) is 0 Å². The van der Waals surface area contributed by atoms with Gasteiger partial charge in [-0.1, -0.05) is 23.8 Å². The Morgan fingerprint density at radius 3 is 2.61 bits per heavy atom. The quantitative estimate of drug-likeness (QED) is 0.203. The third-order valence-corrected chi connectivity index (χ3v) is 7.60. The van der Waals surface area contributed by atoms with E-state index in [1.807, 2.05) is 56.3 Å². The highest BCUT2D eigenvalue weighted by Gasteiger charge is 2.23. The summed E-state index contributed by atoms with van der Waals surface area (Å²) < 4.78 is 7.02. The van der Waals surface area contributed by atoms with E-state index >= 15 is 0 Å². The summed E-state index contributed by atoms with van der Waals surface area (Å²) in [5.41, 5.74) is 4.18. The number of hydrogen-bond acceptors (Lipinski definition) is 9. The maximum absolute atomic E-state index is 13.2. The zero-order chi connectivity index (χ0) is 30.5. The molecule has 4 aromatic rings. The largest absolute Gasteiger partial charge is 0.379 e. The minimum absolute atomic E-state index is 0.193. The number of carbonyl (C=O) groups is 2. The first-order chi connectivity index (χ1) is 21.4. The standard InChI is InChI=1S/C32H37N9O3/c1-21-4-3-5-23(16-21)31(42)37-25-7-6-22(2)26(17-25)38-30-18-27(32(43)33-10-11-40-12-14-44-15-13-40)39-41(30)29-19-28(34-20-35-29)36-24-8-9-24/h3-7,16-20,24,38H,8-15H2,1-2H3,(H,33,43)(H,37,42)(H,34,35,36). The Hall–Kier alpha value is -4.81. The minimum Gasteiger partial charge on any atom is -0.379 e. The van der Waals surface area contributed by atoms with E-state index in [9.17, 15) is 9.59 Å². The molecule has 228 valence electrons. The summed E-state index contributed by atoms with van der Waals surface area (Å²) in [4.78, 5) is 37.2. The molecule has 3 heterocycles. The maximum Gasteiger partial charge on any atom is 0.271 e. The fourth-order valence-electron chi connectivity index (χ4n) is 4.94. The van der Waals surface area contributed by atoms with Crippen molar-refractivity contribution < 1.29 is 14.3 Å². The number of aryl methyl sites for hydroxylation is 2. The van der Waals surface area contributed by atoms with Gasteiger partial charge in [0.2, 0.25) is 0 Å². The van der Waals surface area contributed by atoms with Gasteiger partial charge in [-0.05, 0) is 56.5 Å². The number of amides is 2. The fraction of sp³-hybridized carbons (Fsp3) is 0.344. The number of carbonyl (C=O) groups excluding carboxylic acids is 2. The Balaban J connectivity index is 1.24. The van der Waals surface area contributed by atoms with E-state index in [1.54, 1.807) is 16.8 Å². The zero-order valence-electron chi connectivity index (χ0n) is 25.0. The topological polar surface area (TPSA) is 138 Å². The van der Waals surface area contributed by atoms with Crippen molar-refractivity contribution in [2.45, 2.75) is 32.7 Å². The number of morpholine rings is 1. The number of nitrogens with zero attached hydrogens (tertiary/aromatic N) is 5. The van der Waals surface area contributed by atoms with Crippen LogP contribution in [0.25, 0.3) is 5.82 Å². The van der Waals surface area contributed by atoms with Gasteiger partial charge >= 0.3 is 0 Å². The lowest BCUT2D eigenvalue weighted by Gasteiger charge is -2.26. The molecule has 0 bridgehead atoms. The minimum atomic E-state index is -0.277. The van der Waals surface area contributed by atoms with Crippen LogP contribution in [0.5, 0.6) is 0 Å². The van der Waals surface area contributed by atoms with E-state index in [0.29, 0.717) is 54.5 Å². The Morgan fingerprint density at radius 2 is 1.82 bits per heavy atom. The Bertz CT molecular complexity index is 1640. The number of aromatic nitrogens is 4. The molecular weight excluding hydrogens is 558 g/mol. The summed E-state index contributed by atoms with van der Waals surface area (Å²) in [7, 11) is 0. The van der Waals surface area contributed by atoms with Crippen LogP contribution in [0.2, 0.25) is 0 Å². The molecule has 2 aromatic carbocycles. The van der Waals surface area contributed by atoms with Crippen LogP contribution in [0.4, 0.5) is 23.0 Å². The third kappa shape index (κ3) is 7.39. The van der Waals surface area contributed by atoms with Crippen molar-refractivity contribution in [3.63, 3.8) is 0 Å². The first-order valence-corrected chi connectivity index (χ1v) is 14.9. The molecule has 2 amide bonds. The summed E-state index contributed by atoms with van der Waals surface area (Å²) in [6, 6.07) is 17.1. The van der Waals surface area contributed by atoms with Gasteiger partial charge in [-0.3, -0.25) is 14.5 Å². The van der Waals surface area contributed by atoms with Crippen LogP contribution in [0.3, 0.4) is 0 Å². The van der Waals surface area contributed by atoms with Gasteiger partial charge in [0.15, 0.2) is 11.5 Å². The van der Waals surface area contributed by atoms with Crippen LogP contribution >= 0.6 is 0 Å². The smallest absolute Gasteiger partial charge is 0.271 e. The molecule has 2 fully saturated rings. The lowest BCUT2D eigenvalue weighted by Crippen LogP contribution is -2.41. The zero-order valence-corrected chi connectivity index (χ0v) is 25.0. The van der Waals surface area contributed by atoms with Gasteiger partial charge in [0.1, 0.15) is 18.0 Å². The Labute approximate surface area is 256 Å². The molecule has 4 N–H and O–H groups in total. The van der Waals surface area contributed by atoms with Gasteiger partial charge in [-0.2, -0.15) is 9.78 Å². The number of rotatable bonds is 11. The predicted molar refractivity (Wildman–Crippen MR) is 169 cm³/mol. The van der Waals surface area contributed by atoms with Crippen molar-refractivity contribution >= 4 is 34.8 Å². The lowest BCUT2D eigenvalue weighted by molar-refractivity contribution is 0.0383. The molecule has 6 rings (SSSR count). The van der Waals surface area contributed by atoms with Crippen LogP contribution < -0.4 is 21.3 Å². The van der Waals surface area contributed by atoms with Crippen LogP contribution in [-0.4, -0.2) is 81.9 Å². The fourth-order valence-corrected chi connectivity index (χ4v) is 4.94. The number of anilines is 4. The molecule has 1 aliphatic heterocycles. The van der Waals surface area contributed by atoms with Crippen molar-refractivity contribution in [3.8, 4) is 5.82 Å². The molecule has 1 saturated carbocycles. The van der Waals surface area contributed by atoms with Gasteiger partial charge in [0.25, 0.3) is 11.8 Å². The van der Waals surface area contributed by atoms with Crippen molar-refractivity contribution in [3.05, 3.63) is 83.3 Å². The molecule has 0 radical (unpaired) electrons. The van der Waals surface area contributed by atoms with Gasteiger partial charge in [-0.25, -0.2) is 9.97 Å². The van der Waals surface area contributed by atoms with E-state index in [2.05, 4.69) is 41.2 Å². The summed E-state index contributed by atoms with van der Waals surface area (Å²) in [5.74, 6) is 1.29. The third-order valence-electron chi connectivity index (χ3n) is 7.60. The van der Waals surface area contributed by atoms with Crippen LogP contribution in [0, 0.1) is 13.8 Å². The second kappa shape index (κ2) is 13.2. The molecular formula is C32H37N9O3. The highest BCUT2D eigenvalue weighted by atomic mass is 16.5. The Morgan fingerprint density at radius 1 is 0.977 bits per heavy atom. The van der Waals surface area contributed by atoms with E-state index in [4.69, 9.17) is 4.74 Å². The second-order valence-electron chi connectivity index (χ2n) is 11.2. The summed E-state index contributed by atoms with van der Waals surface area (Å²) in [6.45, 7) is 8.29. The van der Waals surface area contributed by atoms with E-state index in [0.717, 1.165) is 49.3 Å². The molecule has 44 heavy (non-hydrogen) atoms. The molecule has 1 saturated heterocycles. The summed E-state index contributed by atoms with van der Waals surface area (Å²) >= 11 is 0. The summed E-state index contributed by atoms with van der Waals surface area (Å²) in [6.07, 6.45) is 3.71. The predicted octanol–water partition coefficient (Wildman–Crippen LogP) is 3.91. The molecule has 0 unspecified atom stereocenters. The van der Waals surface area contributed by atoms with Gasteiger partial charge in [0, 0.05) is 61.3 Å². The average molecular weight is 596 g/mol. The lowest BCUT2D eigenvalue weighted by atomic mass is 10.1. The molecule has 12 nitrogen and oxygen atoms in total. The normalized spacial score (nSPS) is 15.0. The van der Waals surface area contributed by atoms with Crippen LogP contribution in [-0.2, 0) is 4.74 Å². The number of nitrogens with one attached hydrogen (secondary N) is 4. The van der Waals surface area contributed by atoms with Gasteiger partial charge < -0.3 is 26.0 Å². The van der Waals surface area contributed by atoms with E-state index < -0.39 is 0 Å². The summed E-state index contributed by atoms with van der Waals surface area (Å²) in [5, 5.41) is 17.4.